The van der Waals surface area contributed by atoms with Crippen molar-refractivity contribution in [3.05, 3.63) is 77.8 Å². The van der Waals surface area contributed by atoms with E-state index in [1.165, 1.54) is 12.3 Å². The van der Waals surface area contributed by atoms with Crippen LogP contribution in [0, 0.1) is 18.3 Å². The van der Waals surface area contributed by atoms with Gasteiger partial charge >= 0.3 is 6.09 Å². The molecule has 1 atom stereocenters. The van der Waals surface area contributed by atoms with E-state index in [9.17, 15) is 9.18 Å². The van der Waals surface area contributed by atoms with Gasteiger partial charge in [0.25, 0.3) is 0 Å². The molecule has 4 aromatic rings. The fourth-order valence-corrected chi connectivity index (χ4v) is 4.61. The zero-order valence-electron chi connectivity index (χ0n) is 20.3. The number of likely N-dealkylation sites (tertiary alicyclic amines) is 1. The lowest BCUT2D eigenvalue weighted by Gasteiger charge is -2.34. The quantitative estimate of drug-likeness (QED) is 0.337. The summed E-state index contributed by atoms with van der Waals surface area (Å²) in [5.74, 6) is 0.226. The molecule has 2 N–H and O–H groups in total. The number of aromatic amines is 1. The van der Waals surface area contributed by atoms with Crippen molar-refractivity contribution in [3.63, 3.8) is 0 Å². The van der Waals surface area contributed by atoms with Crippen LogP contribution in [-0.4, -0.2) is 50.1 Å². The Hall–Kier alpha value is -4.52. The number of benzene rings is 1. The summed E-state index contributed by atoms with van der Waals surface area (Å²) in [5.41, 5.74) is 2.75. The number of anilines is 1. The molecular formula is C27H26FN7O2. The van der Waals surface area contributed by atoms with E-state index in [2.05, 4.69) is 37.0 Å². The van der Waals surface area contributed by atoms with Gasteiger partial charge in [-0.3, -0.25) is 0 Å². The number of pyridine rings is 1. The average Bonchev–Trinajstić information content (AvgIpc) is 3.35. The molecule has 1 aliphatic rings. The molecule has 0 bridgehead atoms. The van der Waals surface area contributed by atoms with E-state index in [0.29, 0.717) is 47.2 Å². The summed E-state index contributed by atoms with van der Waals surface area (Å²) in [4.78, 5) is 33.8. The topological polar surface area (TPSA) is 100 Å². The van der Waals surface area contributed by atoms with Gasteiger partial charge in [-0.05, 0) is 37.3 Å². The number of nitrogens with one attached hydrogen (secondary N) is 2. The van der Waals surface area contributed by atoms with E-state index in [1.807, 2.05) is 30.3 Å². The zero-order valence-corrected chi connectivity index (χ0v) is 20.3. The molecule has 37 heavy (non-hydrogen) atoms. The second kappa shape index (κ2) is 10.6. The van der Waals surface area contributed by atoms with Crippen molar-refractivity contribution in [3.8, 4) is 11.3 Å². The minimum atomic E-state index is -0.464. The van der Waals surface area contributed by atoms with E-state index in [1.54, 1.807) is 11.1 Å². The van der Waals surface area contributed by atoms with E-state index >= 15 is 0 Å². The molecule has 1 amide bonds. The minimum absolute atomic E-state index is 0.0382. The predicted octanol–water partition coefficient (Wildman–Crippen LogP) is 5.56. The van der Waals surface area contributed by atoms with Crippen molar-refractivity contribution in [2.24, 2.45) is 5.92 Å². The Morgan fingerprint density at radius 2 is 2.05 bits per heavy atom. The number of halogens is 1. The van der Waals surface area contributed by atoms with Crippen LogP contribution >= 0.6 is 0 Å². The third kappa shape index (κ3) is 5.35. The van der Waals surface area contributed by atoms with Crippen molar-refractivity contribution in [2.75, 3.05) is 18.4 Å². The number of nitrogens with zero attached hydrogens (tertiary/aromatic N) is 5. The molecule has 0 saturated carbocycles. The number of rotatable bonds is 6. The molecule has 1 unspecified atom stereocenters. The Morgan fingerprint density at radius 1 is 1.27 bits per heavy atom. The highest BCUT2D eigenvalue weighted by molar-refractivity contribution is 5.96. The van der Waals surface area contributed by atoms with E-state index in [-0.39, 0.29) is 24.4 Å². The lowest BCUT2D eigenvalue weighted by molar-refractivity contribution is 0.0809. The summed E-state index contributed by atoms with van der Waals surface area (Å²) in [5, 5.41) is 3.91. The van der Waals surface area contributed by atoms with Crippen molar-refractivity contribution in [1.82, 2.24) is 24.8 Å². The summed E-state index contributed by atoms with van der Waals surface area (Å²) in [6.07, 6.45) is 5.62. The van der Waals surface area contributed by atoms with Crippen molar-refractivity contribution >= 4 is 28.8 Å². The molecular weight excluding hydrogens is 473 g/mol. The van der Waals surface area contributed by atoms with Crippen LogP contribution in [0.25, 0.3) is 27.1 Å². The number of hydrogen-bond donors (Lipinski definition) is 2. The molecule has 5 rings (SSSR count). The van der Waals surface area contributed by atoms with Crippen molar-refractivity contribution < 1.29 is 13.9 Å². The summed E-state index contributed by atoms with van der Waals surface area (Å²) in [7, 11) is 0. The Morgan fingerprint density at radius 3 is 2.81 bits per heavy atom. The maximum atomic E-state index is 13.8. The Balaban J connectivity index is 1.22. The van der Waals surface area contributed by atoms with Gasteiger partial charge in [-0.15, -0.1) is 0 Å². The number of piperidine rings is 1. The van der Waals surface area contributed by atoms with Gasteiger partial charge in [-0.2, -0.15) is 0 Å². The van der Waals surface area contributed by atoms with Gasteiger partial charge < -0.3 is 19.9 Å². The number of ether oxygens (including phenoxy) is 1. The van der Waals surface area contributed by atoms with Crippen LogP contribution in [0.4, 0.5) is 20.8 Å². The van der Waals surface area contributed by atoms with Gasteiger partial charge in [0.1, 0.15) is 18.1 Å². The number of aromatic nitrogens is 4. The highest BCUT2D eigenvalue weighted by Gasteiger charge is 2.28. The number of carbonyl (C=O) groups excluding carboxylic acids is 1. The molecule has 4 heterocycles. The Kier molecular flexibility index (Phi) is 6.94. The molecule has 1 saturated heterocycles. The first-order chi connectivity index (χ1) is 18.0. The summed E-state index contributed by atoms with van der Waals surface area (Å²) in [6, 6.07) is 11.0. The Labute approximate surface area is 213 Å². The zero-order chi connectivity index (χ0) is 25.8. The number of fused-ring (bicyclic) bond motifs is 1. The van der Waals surface area contributed by atoms with Gasteiger partial charge in [-0.1, -0.05) is 30.3 Å². The average molecular weight is 500 g/mol. The van der Waals surface area contributed by atoms with Crippen LogP contribution in [0.2, 0.25) is 0 Å². The molecule has 1 aliphatic heterocycles. The second-order valence-electron chi connectivity index (χ2n) is 9.09. The Bertz CT molecular complexity index is 1440. The monoisotopic (exact) mass is 499 g/mol. The number of hydrogen-bond acceptors (Lipinski definition) is 6. The fraction of sp³-hybridized carbons (Fsp3) is 0.296. The molecule has 0 radical (unpaired) electrons. The number of amides is 1. The van der Waals surface area contributed by atoms with Gasteiger partial charge in [-0.25, -0.2) is 29.0 Å². The SMILES string of the molecule is [C-]#[N+]c1cnc(NC(C)C2CCN(C(=O)OCc3ccccc3)CC2)nc1-c1c[nH]c2ncc(F)cc12. The number of carbonyl (C=O) groups is 1. The predicted molar refractivity (Wildman–Crippen MR) is 137 cm³/mol. The lowest BCUT2D eigenvalue weighted by atomic mass is 9.90. The molecule has 1 aromatic carbocycles. The molecule has 3 aromatic heterocycles. The summed E-state index contributed by atoms with van der Waals surface area (Å²) in [6.45, 7) is 11.1. The van der Waals surface area contributed by atoms with E-state index in [4.69, 9.17) is 11.3 Å². The first kappa shape index (κ1) is 24.2. The van der Waals surface area contributed by atoms with Gasteiger partial charge in [0.2, 0.25) is 11.6 Å². The highest BCUT2D eigenvalue weighted by atomic mass is 19.1. The number of H-pyrrole nitrogens is 1. The van der Waals surface area contributed by atoms with Gasteiger partial charge in [0.15, 0.2) is 0 Å². The van der Waals surface area contributed by atoms with E-state index in [0.717, 1.165) is 24.6 Å². The van der Waals surface area contributed by atoms with Crippen LogP contribution in [-0.2, 0) is 11.3 Å². The minimum Gasteiger partial charge on any atom is -0.445 e. The fourth-order valence-electron chi connectivity index (χ4n) is 4.61. The second-order valence-corrected chi connectivity index (χ2v) is 9.09. The molecule has 0 spiro atoms. The van der Waals surface area contributed by atoms with Crippen molar-refractivity contribution in [2.45, 2.75) is 32.4 Å². The maximum Gasteiger partial charge on any atom is 0.410 e. The van der Waals surface area contributed by atoms with E-state index < -0.39 is 5.82 Å². The molecule has 9 nitrogen and oxygen atoms in total. The highest BCUT2D eigenvalue weighted by Crippen LogP contribution is 2.34. The lowest BCUT2D eigenvalue weighted by Crippen LogP contribution is -2.42. The van der Waals surface area contributed by atoms with Crippen molar-refractivity contribution in [1.29, 1.82) is 0 Å². The summed E-state index contributed by atoms with van der Waals surface area (Å²) >= 11 is 0. The normalized spacial score (nSPS) is 14.8. The first-order valence-corrected chi connectivity index (χ1v) is 12.1. The van der Waals surface area contributed by atoms with Gasteiger partial charge in [0.05, 0.1) is 18.5 Å². The largest absolute Gasteiger partial charge is 0.445 e. The maximum absolute atomic E-state index is 13.8. The molecule has 10 heteroatoms. The molecule has 188 valence electrons. The first-order valence-electron chi connectivity index (χ1n) is 12.1. The van der Waals surface area contributed by atoms with Crippen LogP contribution in [0.3, 0.4) is 0 Å². The van der Waals surface area contributed by atoms with Gasteiger partial charge in [0, 0.05) is 42.5 Å². The standard InChI is InChI=1S/C27H26FN7O2/c1-17(19-8-10-35(11-9-19)27(36)37-16-18-6-4-3-5-7-18)33-26-32-15-23(29-2)24(34-26)22-14-31-25-21(22)12-20(28)13-30-25/h3-7,12-15,17,19H,8-11,16H2,1H3,(H,30,31)(H,32,33,34). The van der Waals surface area contributed by atoms with Crippen LogP contribution in [0.1, 0.15) is 25.3 Å². The molecule has 1 fully saturated rings. The van der Waals surface area contributed by atoms with Crippen LogP contribution < -0.4 is 5.32 Å². The third-order valence-electron chi connectivity index (χ3n) is 6.71. The third-order valence-corrected chi connectivity index (χ3v) is 6.71. The molecule has 0 aliphatic carbocycles. The van der Waals surface area contributed by atoms with Crippen LogP contribution in [0.15, 0.2) is 55.0 Å². The smallest absolute Gasteiger partial charge is 0.410 e. The summed E-state index contributed by atoms with van der Waals surface area (Å²) < 4.78 is 19.3. The van der Waals surface area contributed by atoms with Crippen LogP contribution in [0.5, 0.6) is 0 Å².